The largest absolute Gasteiger partial charge is 0.492 e. The standard InChI is InChI=1S/C15H19BrO5/c1-10-13(21-9-14(18)19-3)6-5-12(11(2)17)15(10)20-8-4-7-16/h5-6H,4,7-9H2,1-3H3. The van der Waals surface area contributed by atoms with Crippen LogP contribution in [0.1, 0.15) is 29.3 Å². The Balaban J connectivity index is 2.99. The summed E-state index contributed by atoms with van der Waals surface area (Å²) in [6.45, 7) is 3.59. The number of carbonyl (C=O) groups is 2. The van der Waals surface area contributed by atoms with Crippen molar-refractivity contribution >= 4 is 27.7 Å². The van der Waals surface area contributed by atoms with Gasteiger partial charge in [0.25, 0.3) is 0 Å². The van der Waals surface area contributed by atoms with Crippen LogP contribution in [0, 0.1) is 6.92 Å². The zero-order chi connectivity index (χ0) is 15.8. The predicted octanol–water partition coefficient (Wildman–Crippen LogP) is 2.91. The molecule has 0 N–H and O–H groups in total. The maximum atomic E-state index is 11.7. The van der Waals surface area contributed by atoms with E-state index in [2.05, 4.69) is 20.7 Å². The molecular formula is C15H19BrO5. The molecule has 0 bridgehead atoms. The Morgan fingerprint density at radius 2 is 1.95 bits per heavy atom. The van der Waals surface area contributed by atoms with E-state index in [9.17, 15) is 9.59 Å². The number of methoxy groups -OCH3 is 1. The number of benzene rings is 1. The topological polar surface area (TPSA) is 61.8 Å². The Kier molecular flexibility index (Phi) is 7.22. The highest BCUT2D eigenvalue weighted by molar-refractivity contribution is 9.09. The zero-order valence-corrected chi connectivity index (χ0v) is 14.0. The second-order valence-corrected chi connectivity index (χ2v) is 5.17. The summed E-state index contributed by atoms with van der Waals surface area (Å²) in [4.78, 5) is 22.8. The van der Waals surface area contributed by atoms with Gasteiger partial charge < -0.3 is 14.2 Å². The van der Waals surface area contributed by atoms with E-state index in [-0.39, 0.29) is 12.4 Å². The molecule has 1 aromatic rings. The Morgan fingerprint density at radius 1 is 1.24 bits per heavy atom. The first-order chi connectivity index (χ1) is 10.0. The number of hydrogen-bond donors (Lipinski definition) is 0. The lowest BCUT2D eigenvalue weighted by atomic mass is 10.1. The summed E-state index contributed by atoms with van der Waals surface area (Å²) in [5.74, 6) is 0.461. The second kappa shape index (κ2) is 8.67. The number of hydrogen-bond acceptors (Lipinski definition) is 5. The molecule has 0 aliphatic rings. The average molecular weight is 359 g/mol. The van der Waals surface area contributed by atoms with Gasteiger partial charge in [-0.1, -0.05) is 15.9 Å². The molecule has 0 atom stereocenters. The first-order valence-corrected chi connectivity index (χ1v) is 7.66. The average Bonchev–Trinajstić information content (AvgIpc) is 2.47. The summed E-state index contributed by atoms with van der Waals surface area (Å²) in [7, 11) is 1.30. The van der Waals surface area contributed by atoms with Gasteiger partial charge in [-0.2, -0.15) is 0 Å². The van der Waals surface area contributed by atoms with E-state index in [1.807, 2.05) is 0 Å². The molecule has 0 radical (unpaired) electrons. The Bertz CT molecular complexity index is 513. The third-order valence-corrected chi connectivity index (χ3v) is 3.39. The molecule has 0 saturated heterocycles. The predicted molar refractivity (Wildman–Crippen MR) is 82.6 cm³/mol. The highest BCUT2D eigenvalue weighted by Gasteiger charge is 2.16. The number of rotatable bonds is 8. The van der Waals surface area contributed by atoms with Crippen molar-refractivity contribution in [2.24, 2.45) is 0 Å². The molecule has 1 rings (SSSR count). The van der Waals surface area contributed by atoms with Gasteiger partial charge in [0.15, 0.2) is 12.4 Å². The minimum Gasteiger partial charge on any atom is -0.492 e. The van der Waals surface area contributed by atoms with Crippen LogP contribution in [-0.4, -0.2) is 37.4 Å². The molecule has 0 aliphatic heterocycles. The summed E-state index contributed by atoms with van der Waals surface area (Å²) in [6, 6.07) is 3.30. The first kappa shape index (κ1) is 17.5. The van der Waals surface area contributed by atoms with Gasteiger partial charge in [0.1, 0.15) is 11.5 Å². The van der Waals surface area contributed by atoms with Crippen LogP contribution in [-0.2, 0) is 9.53 Å². The maximum Gasteiger partial charge on any atom is 0.343 e. The third-order valence-electron chi connectivity index (χ3n) is 2.83. The summed E-state index contributed by atoms with van der Waals surface area (Å²) >= 11 is 3.33. The molecule has 0 aromatic heterocycles. The fourth-order valence-corrected chi connectivity index (χ4v) is 1.95. The lowest BCUT2D eigenvalue weighted by Gasteiger charge is -2.16. The minimum absolute atomic E-state index is 0.0774. The van der Waals surface area contributed by atoms with Gasteiger partial charge >= 0.3 is 5.97 Å². The van der Waals surface area contributed by atoms with Gasteiger partial charge in [0.2, 0.25) is 0 Å². The number of halogens is 1. The highest BCUT2D eigenvalue weighted by Crippen LogP contribution is 2.32. The molecule has 0 aliphatic carbocycles. The first-order valence-electron chi connectivity index (χ1n) is 6.54. The van der Waals surface area contributed by atoms with Crippen molar-refractivity contribution in [1.29, 1.82) is 0 Å². The van der Waals surface area contributed by atoms with Crippen molar-refractivity contribution in [2.45, 2.75) is 20.3 Å². The van der Waals surface area contributed by atoms with Crippen molar-refractivity contribution in [2.75, 3.05) is 25.7 Å². The molecule has 6 heteroatoms. The maximum absolute atomic E-state index is 11.7. The zero-order valence-electron chi connectivity index (χ0n) is 12.4. The van der Waals surface area contributed by atoms with Crippen LogP contribution in [0.2, 0.25) is 0 Å². The smallest absolute Gasteiger partial charge is 0.343 e. The normalized spacial score (nSPS) is 10.1. The third kappa shape index (κ3) is 5.04. The molecular weight excluding hydrogens is 340 g/mol. The number of esters is 1. The molecule has 21 heavy (non-hydrogen) atoms. The molecule has 0 heterocycles. The summed E-state index contributed by atoms with van der Waals surface area (Å²) in [5, 5.41) is 0.819. The second-order valence-electron chi connectivity index (χ2n) is 4.38. The monoisotopic (exact) mass is 358 g/mol. The summed E-state index contributed by atoms with van der Waals surface area (Å²) in [6.07, 6.45) is 0.823. The minimum atomic E-state index is -0.466. The Labute approximate surface area is 132 Å². The van der Waals surface area contributed by atoms with Crippen molar-refractivity contribution < 1.29 is 23.8 Å². The fourth-order valence-electron chi connectivity index (χ4n) is 1.72. The van der Waals surface area contributed by atoms with Gasteiger partial charge in [-0.15, -0.1) is 0 Å². The SMILES string of the molecule is COC(=O)COc1ccc(C(C)=O)c(OCCCBr)c1C. The van der Waals surface area contributed by atoms with Gasteiger partial charge in [0.05, 0.1) is 19.3 Å². The molecule has 116 valence electrons. The van der Waals surface area contributed by atoms with Gasteiger partial charge in [-0.25, -0.2) is 4.79 Å². The van der Waals surface area contributed by atoms with Gasteiger partial charge in [-0.05, 0) is 32.4 Å². The number of Topliss-reactive ketones (excluding diaryl/α,β-unsaturated/α-hetero) is 1. The Hall–Kier alpha value is -1.56. The van der Waals surface area contributed by atoms with E-state index in [4.69, 9.17) is 9.47 Å². The lowest BCUT2D eigenvalue weighted by Crippen LogP contribution is -2.14. The molecule has 0 spiro atoms. The molecule has 0 saturated carbocycles. The quantitative estimate of drug-likeness (QED) is 0.309. The number of carbonyl (C=O) groups excluding carboxylic acids is 2. The molecule has 0 fully saturated rings. The van der Waals surface area contributed by atoms with Crippen LogP contribution in [0.25, 0.3) is 0 Å². The van der Waals surface area contributed by atoms with Crippen LogP contribution in [0.3, 0.4) is 0 Å². The van der Waals surface area contributed by atoms with E-state index >= 15 is 0 Å². The van der Waals surface area contributed by atoms with E-state index in [0.717, 1.165) is 11.8 Å². The summed E-state index contributed by atoms with van der Waals surface area (Å²) < 4.78 is 15.6. The van der Waals surface area contributed by atoms with Crippen LogP contribution in [0.5, 0.6) is 11.5 Å². The van der Waals surface area contributed by atoms with E-state index in [0.29, 0.717) is 29.2 Å². The van der Waals surface area contributed by atoms with Crippen molar-refractivity contribution in [3.8, 4) is 11.5 Å². The fraction of sp³-hybridized carbons (Fsp3) is 0.467. The van der Waals surface area contributed by atoms with Crippen LogP contribution < -0.4 is 9.47 Å². The van der Waals surface area contributed by atoms with Crippen LogP contribution in [0.4, 0.5) is 0 Å². The lowest BCUT2D eigenvalue weighted by molar-refractivity contribution is -0.142. The highest BCUT2D eigenvalue weighted by atomic mass is 79.9. The van der Waals surface area contributed by atoms with E-state index in [1.54, 1.807) is 19.1 Å². The van der Waals surface area contributed by atoms with Crippen molar-refractivity contribution in [1.82, 2.24) is 0 Å². The number of alkyl halides is 1. The molecule has 0 unspecified atom stereocenters. The summed E-state index contributed by atoms with van der Waals surface area (Å²) in [5.41, 5.74) is 1.20. The molecule has 0 amide bonds. The molecule has 1 aromatic carbocycles. The molecule has 5 nitrogen and oxygen atoms in total. The van der Waals surface area contributed by atoms with Crippen LogP contribution in [0.15, 0.2) is 12.1 Å². The number of ketones is 1. The van der Waals surface area contributed by atoms with Gasteiger partial charge in [-0.3, -0.25) is 4.79 Å². The van der Waals surface area contributed by atoms with Crippen molar-refractivity contribution in [3.05, 3.63) is 23.3 Å². The van der Waals surface area contributed by atoms with Crippen LogP contribution >= 0.6 is 15.9 Å². The van der Waals surface area contributed by atoms with Crippen molar-refractivity contribution in [3.63, 3.8) is 0 Å². The Morgan fingerprint density at radius 3 is 2.52 bits per heavy atom. The van der Waals surface area contributed by atoms with Gasteiger partial charge in [0, 0.05) is 10.9 Å². The number of ether oxygens (including phenoxy) is 3. The van der Waals surface area contributed by atoms with E-state index in [1.165, 1.54) is 14.0 Å². The van der Waals surface area contributed by atoms with E-state index < -0.39 is 5.97 Å².